The number of nitrogens with one attached hydrogen (secondary N) is 2. The lowest BCUT2D eigenvalue weighted by molar-refractivity contribution is 0.120. The maximum Gasteiger partial charge on any atom is 0.135 e. The maximum atomic E-state index is 5.87. The maximum absolute atomic E-state index is 5.87. The smallest absolute Gasteiger partial charge is 0.135 e. The molecule has 2 heterocycles. The molecule has 1 aliphatic heterocycles. The third-order valence-electron chi connectivity index (χ3n) is 3.32. The van der Waals surface area contributed by atoms with Crippen LogP contribution in [-0.4, -0.2) is 29.2 Å². The fraction of sp³-hybridized carbons (Fsp3) is 0.333. The van der Waals surface area contributed by atoms with Gasteiger partial charge in [-0.1, -0.05) is 11.6 Å². The second-order valence-electron chi connectivity index (χ2n) is 4.94. The standard InChI is InChI=1S/C15H17ClN4O/c16-11-3-5-12(6-4-11)20-15-8-14(18-10-19-15)17-9-13-2-1-7-21-13/h3-6,8,10,13H,1-2,7,9H2,(H2,17,18,19,20). The molecule has 0 spiro atoms. The molecule has 2 N–H and O–H groups in total. The van der Waals surface area contributed by atoms with E-state index in [1.54, 1.807) is 0 Å². The molecular formula is C15H17ClN4O. The Kier molecular flexibility index (Phi) is 4.52. The highest BCUT2D eigenvalue weighted by Gasteiger charge is 2.15. The van der Waals surface area contributed by atoms with Crippen molar-refractivity contribution < 1.29 is 4.74 Å². The number of nitrogens with zero attached hydrogens (tertiary/aromatic N) is 2. The van der Waals surface area contributed by atoms with Gasteiger partial charge in [0.15, 0.2) is 0 Å². The van der Waals surface area contributed by atoms with Gasteiger partial charge in [0.2, 0.25) is 0 Å². The van der Waals surface area contributed by atoms with Crippen LogP contribution in [-0.2, 0) is 4.74 Å². The Balaban J connectivity index is 1.60. The van der Waals surface area contributed by atoms with Crippen LogP contribution in [0.25, 0.3) is 0 Å². The minimum atomic E-state index is 0.285. The van der Waals surface area contributed by atoms with Crippen molar-refractivity contribution in [3.63, 3.8) is 0 Å². The van der Waals surface area contributed by atoms with E-state index in [0.717, 1.165) is 43.3 Å². The second-order valence-corrected chi connectivity index (χ2v) is 5.37. The summed E-state index contributed by atoms with van der Waals surface area (Å²) in [4.78, 5) is 8.43. The Hall–Kier alpha value is -1.85. The molecule has 110 valence electrons. The highest BCUT2D eigenvalue weighted by molar-refractivity contribution is 6.30. The Morgan fingerprint density at radius 2 is 2.00 bits per heavy atom. The van der Waals surface area contributed by atoms with E-state index in [1.165, 1.54) is 6.33 Å². The van der Waals surface area contributed by atoms with Gasteiger partial charge >= 0.3 is 0 Å². The number of benzene rings is 1. The SMILES string of the molecule is Clc1ccc(Nc2cc(NCC3CCCO3)ncn2)cc1. The second kappa shape index (κ2) is 6.74. The highest BCUT2D eigenvalue weighted by atomic mass is 35.5. The van der Waals surface area contributed by atoms with Gasteiger partial charge in [-0.25, -0.2) is 9.97 Å². The highest BCUT2D eigenvalue weighted by Crippen LogP contribution is 2.19. The van der Waals surface area contributed by atoms with Crippen LogP contribution in [0.5, 0.6) is 0 Å². The molecule has 0 amide bonds. The zero-order valence-electron chi connectivity index (χ0n) is 11.6. The van der Waals surface area contributed by atoms with Crippen molar-refractivity contribution in [2.45, 2.75) is 18.9 Å². The van der Waals surface area contributed by atoms with Crippen LogP contribution < -0.4 is 10.6 Å². The summed E-state index contributed by atoms with van der Waals surface area (Å²) < 4.78 is 5.58. The molecule has 1 atom stereocenters. The predicted molar refractivity (Wildman–Crippen MR) is 84.2 cm³/mol. The molecule has 21 heavy (non-hydrogen) atoms. The first kappa shape index (κ1) is 14.1. The molecular weight excluding hydrogens is 288 g/mol. The number of hydrogen-bond donors (Lipinski definition) is 2. The topological polar surface area (TPSA) is 59.1 Å². The molecule has 6 heteroatoms. The molecule has 0 radical (unpaired) electrons. The molecule has 0 saturated carbocycles. The summed E-state index contributed by atoms with van der Waals surface area (Å²) in [5.74, 6) is 1.53. The Labute approximate surface area is 128 Å². The molecule has 1 aromatic heterocycles. The van der Waals surface area contributed by atoms with Crippen LogP contribution in [0.3, 0.4) is 0 Å². The fourth-order valence-corrected chi connectivity index (χ4v) is 2.35. The third kappa shape index (κ3) is 4.06. The predicted octanol–water partition coefficient (Wildman–Crippen LogP) is 3.46. The first-order valence-electron chi connectivity index (χ1n) is 7.00. The zero-order valence-corrected chi connectivity index (χ0v) is 12.3. The van der Waals surface area contributed by atoms with E-state index >= 15 is 0 Å². The van der Waals surface area contributed by atoms with Gasteiger partial charge in [-0.2, -0.15) is 0 Å². The van der Waals surface area contributed by atoms with Crippen molar-refractivity contribution in [3.05, 3.63) is 41.7 Å². The average molecular weight is 305 g/mol. The van der Waals surface area contributed by atoms with Crippen LogP contribution in [0.15, 0.2) is 36.7 Å². The zero-order chi connectivity index (χ0) is 14.5. The molecule has 5 nitrogen and oxygen atoms in total. The largest absolute Gasteiger partial charge is 0.376 e. The fourth-order valence-electron chi connectivity index (χ4n) is 2.23. The van der Waals surface area contributed by atoms with Gasteiger partial charge < -0.3 is 15.4 Å². The van der Waals surface area contributed by atoms with Crippen LogP contribution in [0.4, 0.5) is 17.3 Å². The van der Waals surface area contributed by atoms with Gasteiger partial charge in [0.05, 0.1) is 6.10 Å². The van der Waals surface area contributed by atoms with Crippen molar-refractivity contribution in [2.75, 3.05) is 23.8 Å². The summed E-state index contributed by atoms with van der Waals surface area (Å²) in [7, 11) is 0. The van der Waals surface area contributed by atoms with Gasteiger partial charge in [-0.3, -0.25) is 0 Å². The summed E-state index contributed by atoms with van der Waals surface area (Å²) in [6, 6.07) is 9.36. The van der Waals surface area contributed by atoms with E-state index in [0.29, 0.717) is 5.02 Å². The number of halogens is 1. The van der Waals surface area contributed by atoms with Crippen LogP contribution in [0.2, 0.25) is 5.02 Å². The molecule has 0 bridgehead atoms. The van der Waals surface area contributed by atoms with Crippen LogP contribution in [0, 0.1) is 0 Å². The number of anilines is 3. The van der Waals surface area contributed by atoms with E-state index in [-0.39, 0.29) is 6.10 Å². The Bertz CT molecular complexity index is 584. The molecule has 1 fully saturated rings. The van der Waals surface area contributed by atoms with Gasteiger partial charge in [0.1, 0.15) is 18.0 Å². The van der Waals surface area contributed by atoms with E-state index in [2.05, 4.69) is 20.6 Å². The first-order valence-corrected chi connectivity index (χ1v) is 7.37. The summed E-state index contributed by atoms with van der Waals surface area (Å²) in [6.07, 6.45) is 4.07. The number of hydrogen-bond acceptors (Lipinski definition) is 5. The normalized spacial score (nSPS) is 17.7. The summed E-state index contributed by atoms with van der Waals surface area (Å²) >= 11 is 5.87. The molecule has 1 aromatic carbocycles. The number of rotatable bonds is 5. The van der Waals surface area contributed by atoms with Crippen LogP contribution in [0.1, 0.15) is 12.8 Å². The van der Waals surface area contributed by atoms with Crippen molar-refractivity contribution in [1.82, 2.24) is 9.97 Å². The number of ether oxygens (including phenoxy) is 1. The lowest BCUT2D eigenvalue weighted by atomic mass is 10.2. The molecule has 1 aliphatic rings. The molecule has 2 aromatic rings. The van der Waals surface area contributed by atoms with Crippen LogP contribution >= 0.6 is 11.6 Å². The van der Waals surface area contributed by atoms with Crippen molar-refractivity contribution >= 4 is 28.9 Å². The minimum Gasteiger partial charge on any atom is -0.376 e. The molecule has 3 rings (SSSR count). The molecule has 0 aliphatic carbocycles. The Morgan fingerprint density at radius 1 is 1.19 bits per heavy atom. The van der Waals surface area contributed by atoms with Gasteiger partial charge in [0.25, 0.3) is 0 Å². The average Bonchev–Trinajstić information content (AvgIpc) is 3.01. The quantitative estimate of drug-likeness (QED) is 0.886. The Morgan fingerprint density at radius 3 is 2.76 bits per heavy atom. The minimum absolute atomic E-state index is 0.285. The third-order valence-corrected chi connectivity index (χ3v) is 3.57. The van der Waals surface area contributed by atoms with E-state index in [9.17, 15) is 0 Å². The molecule has 1 unspecified atom stereocenters. The first-order chi connectivity index (χ1) is 10.3. The molecule has 1 saturated heterocycles. The van der Waals surface area contributed by atoms with Crippen molar-refractivity contribution in [1.29, 1.82) is 0 Å². The van der Waals surface area contributed by atoms with Gasteiger partial charge in [-0.05, 0) is 37.1 Å². The monoisotopic (exact) mass is 304 g/mol. The van der Waals surface area contributed by atoms with Crippen molar-refractivity contribution in [2.24, 2.45) is 0 Å². The van der Waals surface area contributed by atoms with Crippen molar-refractivity contribution in [3.8, 4) is 0 Å². The van der Waals surface area contributed by atoms with E-state index < -0.39 is 0 Å². The van der Waals surface area contributed by atoms with Gasteiger partial charge in [-0.15, -0.1) is 0 Å². The number of aromatic nitrogens is 2. The van der Waals surface area contributed by atoms with E-state index in [4.69, 9.17) is 16.3 Å². The van der Waals surface area contributed by atoms with E-state index in [1.807, 2.05) is 30.3 Å². The van der Waals surface area contributed by atoms with Gasteiger partial charge in [0, 0.05) is 29.9 Å². The summed E-state index contributed by atoms with van der Waals surface area (Å²) in [6.45, 7) is 1.64. The summed E-state index contributed by atoms with van der Waals surface area (Å²) in [5.41, 5.74) is 0.933. The summed E-state index contributed by atoms with van der Waals surface area (Å²) in [5, 5.41) is 7.21. The lowest BCUT2D eigenvalue weighted by Gasteiger charge is -2.12. The lowest BCUT2D eigenvalue weighted by Crippen LogP contribution is -2.19.